The maximum atomic E-state index is 12.8. The number of benzene rings is 1. The van der Waals surface area contributed by atoms with Crippen molar-refractivity contribution in [2.75, 3.05) is 19.0 Å². The van der Waals surface area contributed by atoms with Gasteiger partial charge in [0.1, 0.15) is 11.9 Å². The van der Waals surface area contributed by atoms with Crippen LogP contribution in [0.3, 0.4) is 0 Å². The Kier molecular flexibility index (Phi) is 3.97. The molecule has 0 saturated heterocycles. The van der Waals surface area contributed by atoms with E-state index in [9.17, 15) is 4.39 Å². The fourth-order valence-electron chi connectivity index (χ4n) is 2.18. The molecule has 0 heterocycles. The van der Waals surface area contributed by atoms with Gasteiger partial charge in [0, 0.05) is 19.4 Å². The van der Waals surface area contributed by atoms with E-state index < -0.39 is 0 Å². The van der Waals surface area contributed by atoms with Crippen LogP contribution in [0.1, 0.15) is 13.3 Å². The second-order valence-corrected chi connectivity index (χ2v) is 4.19. The van der Waals surface area contributed by atoms with Crippen molar-refractivity contribution >= 4 is 5.69 Å². The Morgan fingerprint density at radius 1 is 1.35 bits per heavy atom. The van der Waals surface area contributed by atoms with E-state index in [4.69, 9.17) is 9.47 Å². The zero-order valence-corrected chi connectivity index (χ0v) is 10.2. The molecule has 1 N–H and O–H groups in total. The van der Waals surface area contributed by atoms with Crippen LogP contribution in [0.4, 0.5) is 10.1 Å². The SMILES string of the molecule is CCOC1CC(Nc2ccc(F)cc2)C1OC. The van der Waals surface area contributed by atoms with Crippen LogP contribution in [0.15, 0.2) is 24.3 Å². The van der Waals surface area contributed by atoms with E-state index in [1.807, 2.05) is 6.92 Å². The molecule has 1 saturated carbocycles. The molecule has 0 aliphatic heterocycles. The van der Waals surface area contributed by atoms with Gasteiger partial charge in [-0.25, -0.2) is 4.39 Å². The van der Waals surface area contributed by atoms with E-state index in [1.165, 1.54) is 12.1 Å². The quantitative estimate of drug-likeness (QED) is 0.856. The Morgan fingerprint density at radius 2 is 2.06 bits per heavy atom. The molecule has 0 radical (unpaired) electrons. The summed E-state index contributed by atoms with van der Waals surface area (Å²) < 4.78 is 23.7. The highest BCUT2D eigenvalue weighted by Crippen LogP contribution is 2.29. The van der Waals surface area contributed by atoms with E-state index in [1.54, 1.807) is 19.2 Å². The second-order valence-electron chi connectivity index (χ2n) is 4.19. The van der Waals surface area contributed by atoms with Gasteiger partial charge < -0.3 is 14.8 Å². The van der Waals surface area contributed by atoms with Crippen LogP contribution in [-0.2, 0) is 9.47 Å². The van der Waals surface area contributed by atoms with Crippen molar-refractivity contribution in [3.63, 3.8) is 0 Å². The lowest BCUT2D eigenvalue weighted by Crippen LogP contribution is -2.56. The molecule has 0 amide bonds. The molecule has 0 aromatic heterocycles. The first-order valence-electron chi connectivity index (χ1n) is 5.91. The zero-order chi connectivity index (χ0) is 12.3. The molecule has 1 fully saturated rings. The largest absolute Gasteiger partial charge is 0.379 e. The molecule has 3 nitrogen and oxygen atoms in total. The minimum absolute atomic E-state index is 0.0694. The smallest absolute Gasteiger partial charge is 0.123 e. The van der Waals surface area contributed by atoms with Crippen LogP contribution in [0.25, 0.3) is 0 Å². The molecule has 94 valence electrons. The summed E-state index contributed by atoms with van der Waals surface area (Å²) in [7, 11) is 1.69. The average Bonchev–Trinajstić information content (AvgIpc) is 2.30. The molecular weight excluding hydrogens is 221 g/mol. The first-order chi connectivity index (χ1) is 8.24. The lowest BCUT2D eigenvalue weighted by Gasteiger charge is -2.43. The van der Waals surface area contributed by atoms with Gasteiger partial charge in [0.25, 0.3) is 0 Å². The van der Waals surface area contributed by atoms with Crippen molar-refractivity contribution < 1.29 is 13.9 Å². The maximum Gasteiger partial charge on any atom is 0.123 e. The third-order valence-electron chi connectivity index (χ3n) is 3.10. The third-order valence-corrected chi connectivity index (χ3v) is 3.10. The van der Waals surface area contributed by atoms with Gasteiger partial charge in [-0.3, -0.25) is 0 Å². The summed E-state index contributed by atoms with van der Waals surface area (Å²) in [6, 6.07) is 6.60. The number of ether oxygens (including phenoxy) is 2. The van der Waals surface area contributed by atoms with E-state index in [0.29, 0.717) is 6.61 Å². The third kappa shape index (κ3) is 2.76. The molecule has 1 aromatic rings. The van der Waals surface area contributed by atoms with Crippen LogP contribution in [0.2, 0.25) is 0 Å². The van der Waals surface area contributed by atoms with Gasteiger partial charge in [0.2, 0.25) is 0 Å². The van der Waals surface area contributed by atoms with E-state index in [0.717, 1.165) is 12.1 Å². The summed E-state index contributed by atoms with van der Waals surface area (Å²) in [6.07, 6.45) is 1.16. The van der Waals surface area contributed by atoms with Crippen LogP contribution in [0, 0.1) is 5.82 Å². The van der Waals surface area contributed by atoms with Crippen molar-refractivity contribution in [2.24, 2.45) is 0 Å². The topological polar surface area (TPSA) is 30.5 Å². The minimum atomic E-state index is -0.223. The van der Waals surface area contributed by atoms with Gasteiger partial charge in [0.15, 0.2) is 0 Å². The van der Waals surface area contributed by atoms with E-state index >= 15 is 0 Å². The molecule has 17 heavy (non-hydrogen) atoms. The van der Waals surface area contributed by atoms with Crippen molar-refractivity contribution in [1.29, 1.82) is 0 Å². The monoisotopic (exact) mass is 239 g/mol. The molecule has 1 aliphatic rings. The Morgan fingerprint density at radius 3 is 2.65 bits per heavy atom. The fourth-order valence-corrected chi connectivity index (χ4v) is 2.18. The fraction of sp³-hybridized carbons (Fsp3) is 0.538. The molecule has 4 heteroatoms. The van der Waals surface area contributed by atoms with Gasteiger partial charge in [-0.2, -0.15) is 0 Å². The highest BCUT2D eigenvalue weighted by molar-refractivity contribution is 5.45. The Bertz CT molecular complexity index is 355. The predicted molar refractivity (Wildman–Crippen MR) is 64.6 cm³/mol. The van der Waals surface area contributed by atoms with Crippen molar-refractivity contribution in [2.45, 2.75) is 31.6 Å². The number of rotatable bonds is 5. The average molecular weight is 239 g/mol. The van der Waals surface area contributed by atoms with Crippen molar-refractivity contribution in [3.8, 4) is 0 Å². The molecule has 0 bridgehead atoms. The number of hydrogen-bond donors (Lipinski definition) is 1. The Balaban J connectivity index is 1.90. The maximum absolute atomic E-state index is 12.8. The normalized spacial score (nSPS) is 27.6. The van der Waals surface area contributed by atoms with Gasteiger partial charge in [-0.15, -0.1) is 0 Å². The van der Waals surface area contributed by atoms with Gasteiger partial charge in [0.05, 0.1) is 12.1 Å². The zero-order valence-electron chi connectivity index (χ0n) is 10.2. The summed E-state index contributed by atoms with van der Waals surface area (Å²) in [5, 5.41) is 3.32. The van der Waals surface area contributed by atoms with Crippen LogP contribution >= 0.6 is 0 Å². The van der Waals surface area contributed by atoms with E-state index in [-0.39, 0.29) is 24.1 Å². The first kappa shape index (κ1) is 12.3. The van der Waals surface area contributed by atoms with Crippen LogP contribution < -0.4 is 5.32 Å². The lowest BCUT2D eigenvalue weighted by atomic mass is 9.85. The van der Waals surface area contributed by atoms with E-state index in [2.05, 4.69) is 5.32 Å². The van der Waals surface area contributed by atoms with Crippen LogP contribution in [0.5, 0.6) is 0 Å². The summed E-state index contributed by atoms with van der Waals surface area (Å²) in [5.41, 5.74) is 0.911. The van der Waals surface area contributed by atoms with Crippen molar-refractivity contribution in [3.05, 3.63) is 30.1 Å². The number of hydrogen-bond acceptors (Lipinski definition) is 3. The van der Waals surface area contributed by atoms with Gasteiger partial charge in [-0.05, 0) is 37.6 Å². The number of anilines is 1. The number of methoxy groups -OCH3 is 1. The van der Waals surface area contributed by atoms with Gasteiger partial charge >= 0.3 is 0 Å². The molecule has 3 atom stereocenters. The summed E-state index contributed by atoms with van der Waals surface area (Å²) in [5.74, 6) is -0.223. The molecule has 3 unspecified atom stereocenters. The minimum Gasteiger partial charge on any atom is -0.379 e. The molecule has 0 spiro atoms. The Labute approximate surface area is 101 Å². The highest BCUT2D eigenvalue weighted by Gasteiger charge is 2.42. The summed E-state index contributed by atoms with van der Waals surface area (Å²) in [4.78, 5) is 0. The van der Waals surface area contributed by atoms with Gasteiger partial charge in [-0.1, -0.05) is 0 Å². The standard InChI is InChI=1S/C13H18FNO2/c1-3-17-12-8-11(13(12)16-2)15-10-6-4-9(14)5-7-10/h4-7,11-13,15H,3,8H2,1-2H3. The summed E-state index contributed by atoms with van der Waals surface area (Å²) >= 11 is 0. The summed E-state index contributed by atoms with van der Waals surface area (Å²) in [6.45, 7) is 2.68. The number of halogens is 1. The second kappa shape index (κ2) is 5.47. The van der Waals surface area contributed by atoms with Crippen molar-refractivity contribution in [1.82, 2.24) is 0 Å². The lowest BCUT2D eigenvalue weighted by molar-refractivity contribution is -0.118. The molecular formula is C13H18FNO2. The first-order valence-corrected chi connectivity index (χ1v) is 5.91. The van der Waals surface area contributed by atoms with Crippen LogP contribution in [-0.4, -0.2) is 32.0 Å². The molecule has 1 aliphatic carbocycles. The Hall–Kier alpha value is -1.13. The molecule has 2 rings (SSSR count). The highest BCUT2D eigenvalue weighted by atomic mass is 19.1. The number of nitrogens with one attached hydrogen (secondary N) is 1. The molecule has 1 aromatic carbocycles. The predicted octanol–water partition coefficient (Wildman–Crippen LogP) is 2.43.